The summed E-state index contributed by atoms with van der Waals surface area (Å²) in [6.07, 6.45) is 0.272. The lowest BCUT2D eigenvalue weighted by atomic mass is 9.92. The van der Waals surface area contributed by atoms with Gasteiger partial charge in [-0.05, 0) is 43.2 Å². The first-order valence-corrected chi connectivity index (χ1v) is 10.7. The van der Waals surface area contributed by atoms with Gasteiger partial charge in [-0.2, -0.15) is 0 Å². The largest absolute Gasteiger partial charge is 0.456 e. The highest BCUT2D eigenvalue weighted by molar-refractivity contribution is 6.06. The Labute approximate surface area is 183 Å². The van der Waals surface area contributed by atoms with Crippen LogP contribution in [-0.2, 0) is 19.1 Å². The smallest absolute Gasteiger partial charge is 0.325 e. The van der Waals surface area contributed by atoms with E-state index in [-0.39, 0.29) is 43.7 Å². The third-order valence-corrected chi connectivity index (χ3v) is 5.21. The number of urea groups is 1. The quantitative estimate of drug-likeness (QED) is 0.460. The zero-order valence-electron chi connectivity index (χ0n) is 19.2. The maximum Gasteiger partial charge on any atom is 0.325 e. The molecule has 0 saturated carbocycles. The Bertz CT molecular complexity index is 835. The molecule has 1 fully saturated rings. The van der Waals surface area contributed by atoms with Gasteiger partial charge in [-0.25, -0.2) is 4.79 Å². The highest BCUT2D eigenvalue weighted by atomic mass is 16.5. The third-order valence-electron chi connectivity index (χ3n) is 5.21. The summed E-state index contributed by atoms with van der Waals surface area (Å²) in [6.45, 7) is 11.2. The second-order valence-corrected chi connectivity index (χ2v) is 8.95. The predicted molar refractivity (Wildman–Crippen MR) is 118 cm³/mol. The number of carbonyl (C=O) groups is 4. The van der Waals surface area contributed by atoms with Crippen LogP contribution >= 0.6 is 0 Å². The van der Waals surface area contributed by atoms with E-state index < -0.39 is 23.4 Å². The molecule has 1 aromatic carbocycles. The second-order valence-electron chi connectivity index (χ2n) is 8.95. The van der Waals surface area contributed by atoms with Crippen LogP contribution in [-0.4, -0.2) is 47.4 Å². The number of carbonyl (C=O) groups excluding carboxylic acids is 4. The Balaban J connectivity index is 1.85. The minimum atomic E-state index is -0.934. The van der Waals surface area contributed by atoms with Gasteiger partial charge in [0.2, 0.25) is 0 Å². The zero-order chi connectivity index (χ0) is 23.3. The Morgan fingerprint density at radius 1 is 1.10 bits per heavy atom. The summed E-state index contributed by atoms with van der Waals surface area (Å²) in [5.41, 5.74) is 1.90. The van der Waals surface area contributed by atoms with Crippen LogP contribution in [0.1, 0.15) is 77.3 Å². The van der Waals surface area contributed by atoms with Crippen LogP contribution in [0.15, 0.2) is 18.2 Å². The van der Waals surface area contributed by atoms with E-state index >= 15 is 0 Å². The second kappa shape index (κ2) is 9.94. The predicted octanol–water partition coefficient (Wildman–Crippen LogP) is 3.53. The van der Waals surface area contributed by atoms with Crippen molar-refractivity contribution in [3.05, 3.63) is 29.3 Å². The Kier molecular flexibility index (Phi) is 7.81. The molecule has 1 aromatic rings. The molecule has 0 bridgehead atoms. The van der Waals surface area contributed by atoms with E-state index in [2.05, 4.69) is 38.3 Å². The zero-order valence-corrected chi connectivity index (χ0v) is 19.2. The summed E-state index contributed by atoms with van der Waals surface area (Å²) in [6, 6.07) is 5.48. The standard InChI is InChI=1S/C23H33N3O5/c1-14(2)16-9-7-10-17(15(3)4)20(16)24-18(27)13-31-19(28)11-8-12-26-21(29)23(5,6)25-22(26)30/h7,9-10,14-15H,8,11-13H2,1-6H3,(H,24,27)(H,25,30). The van der Waals surface area contributed by atoms with Gasteiger partial charge in [0.15, 0.2) is 6.61 Å². The molecular weight excluding hydrogens is 398 g/mol. The minimum absolute atomic E-state index is 0.00456. The van der Waals surface area contributed by atoms with E-state index in [1.54, 1.807) is 13.8 Å². The van der Waals surface area contributed by atoms with Crippen molar-refractivity contribution in [3.8, 4) is 0 Å². The number of anilines is 1. The lowest BCUT2D eigenvalue weighted by molar-refractivity contribution is -0.147. The Morgan fingerprint density at radius 2 is 1.68 bits per heavy atom. The van der Waals surface area contributed by atoms with Crippen LogP contribution in [0.5, 0.6) is 0 Å². The number of esters is 1. The number of benzene rings is 1. The van der Waals surface area contributed by atoms with E-state index in [9.17, 15) is 19.2 Å². The van der Waals surface area contributed by atoms with Crippen LogP contribution in [0.2, 0.25) is 0 Å². The maximum absolute atomic E-state index is 12.4. The van der Waals surface area contributed by atoms with E-state index in [1.165, 1.54) is 0 Å². The number of nitrogens with zero attached hydrogens (tertiary/aromatic N) is 1. The van der Waals surface area contributed by atoms with Crippen LogP contribution in [0.4, 0.5) is 10.5 Å². The first-order valence-electron chi connectivity index (χ1n) is 10.7. The SMILES string of the molecule is CC(C)c1cccc(C(C)C)c1NC(=O)COC(=O)CCCN1C(=O)NC(C)(C)C1=O. The monoisotopic (exact) mass is 431 g/mol. The molecule has 4 amide bonds. The minimum Gasteiger partial charge on any atom is -0.456 e. The van der Waals surface area contributed by atoms with Crippen LogP contribution in [0, 0.1) is 0 Å². The molecule has 2 N–H and O–H groups in total. The molecule has 0 atom stereocenters. The van der Waals surface area contributed by atoms with Gasteiger partial charge in [0.25, 0.3) is 11.8 Å². The third kappa shape index (κ3) is 6.06. The van der Waals surface area contributed by atoms with Crippen molar-refractivity contribution in [2.45, 2.75) is 71.8 Å². The summed E-state index contributed by atoms with van der Waals surface area (Å²) in [7, 11) is 0. The average Bonchev–Trinajstić information content (AvgIpc) is 2.87. The van der Waals surface area contributed by atoms with Crippen molar-refractivity contribution in [1.82, 2.24) is 10.2 Å². The molecule has 1 aliphatic heterocycles. The van der Waals surface area contributed by atoms with Crippen LogP contribution in [0.3, 0.4) is 0 Å². The lowest BCUT2D eigenvalue weighted by Crippen LogP contribution is -2.40. The molecule has 1 aliphatic rings. The van der Waals surface area contributed by atoms with Crippen molar-refractivity contribution < 1.29 is 23.9 Å². The van der Waals surface area contributed by atoms with Crippen molar-refractivity contribution >= 4 is 29.5 Å². The molecule has 31 heavy (non-hydrogen) atoms. The summed E-state index contributed by atoms with van der Waals surface area (Å²) >= 11 is 0. The molecule has 0 radical (unpaired) electrons. The molecular formula is C23H33N3O5. The first kappa shape index (κ1) is 24.4. The topological polar surface area (TPSA) is 105 Å². The Hall–Kier alpha value is -2.90. The van der Waals surface area contributed by atoms with Gasteiger partial charge >= 0.3 is 12.0 Å². The van der Waals surface area contributed by atoms with Crippen molar-refractivity contribution in [2.24, 2.45) is 0 Å². The fraction of sp³-hybridized carbons (Fsp3) is 0.565. The number of imide groups is 1. The molecule has 0 aliphatic carbocycles. The van der Waals surface area contributed by atoms with Crippen molar-refractivity contribution in [1.29, 1.82) is 0 Å². The first-order chi connectivity index (χ1) is 14.4. The number of ether oxygens (including phenoxy) is 1. The van der Waals surface area contributed by atoms with Crippen LogP contribution in [0.25, 0.3) is 0 Å². The molecule has 8 nitrogen and oxygen atoms in total. The maximum atomic E-state index is 12.4. The number of rotatable bonds is 9. The number of hydrogen-bond donors (Lipinski definition) is 2. The molecule has 0 unspecified atom stereocenters. The molecule has 1 saturated heterocycles. The van der Waals surface area contributed by atoms with Crippen LogP contribution < -0.4 is 10.6 Å². The number of nitrogens with one attached hydrogen (secondary N) is 2. The molecule has 8 heteroatoms. The van der Waals surface area contributed by atoms with Gasteiger partial charge in [-0.15, -0.1) is 0 Å². The molecule has 0 spiro atoms. The van der Waals surface area contributed by atoms with Crippen molar-refractivity contribution in [2.75, 3.05) is 18.5 Å². The highest BCUT2D eigenvalue weighted by Gasteiger charge is 2.43. The summed E-state index contributed by atoms with van der Waals surface area (Å²) in [5, 5.41) is 5.48. The summed E-state index contributed by atoms with van der Waals surface area (Å²) in [5.74, 6) is -0.823. The lowest BCUT2D eigenvalue weighted by Gasteiger charge is -2.20. The number of amides is 4. The van der Waals surface area contributed by atoms with Gasteiger partial charge in [0.1, 0.15) is 5.54 Å². The van der Waals surface area contributed by atoms with E-state index in [1.807, 2.05) is 18.2 Å². The summed E-state index contributed by atoms with van der Waals surface area (Å²) < 4.78 is 5.08. The number of hydrogen-bond acceptors (Lipinski definition) is 5. The van der Waals surface area contributed by atoms with Gasteiger partial charge in [0, 0.05) is 18.7 Å². The molecule has 170 valence electrons. The van der Waals surface area contributed by atoms with Gasteiger partial charge in [-0.1, -0.05) is 45.9 Å². The normalized spacial score (nSPS) is 15.4. The fourth-order valence-electron chi connectivity index (χ4n) is 3.49. The van der Waals surface area contributed by atoms with E-state index in [0.29, 0.717) is 0 Å². The Morgan fingerprint density at radius 3 is 2.16 bits per heavy atom. The van der Waals surface area contributed by atoms with Crippen molar-refractivity contribution in [3.63, 3.8) is 0 Å². The van der Waals surface area contributed by atoms with E-state index in [0.717, 1.165) is 21.7 Å². The van der Waals surface area contributed by atoms with E-state index in [4.69, 9.17) is 4.74 Å². The van der Waals surface area contributed by atoms with Gasteiger partial charge in [-0.3, -0.25) is 19.3 Å². The van der Waals surface area contributed by atoms with Gasteiger partial charge in [0.05, 0.1) is 0 Å². The number of para-hydroxylation sites is 1. The fourth-order valence-corrected chi connectivity index (χ4v) is 3.49. The highest BCUT2D eigenvalue weighted by Crippen LogP contribution is 2.32. The molecule has 2 rings (SSSR count). The van der Waals surface area contributed by atoms with Gasteiger partial charge < -0.3 is 15.4 Å². The summed E-state index contributed by atoms with van der Waals surface area (Å²) in [4.78, 5) is 49.5. The average molecular weight is 432 g/mol. The molecule has 0 aromatic heterocycles. The molecule has 1 heterocycles.